The molecule has 102 valence electrons. The number of aliphatic hydroxyl groups excluding tert-OH is 1. The van der Waals surface area contributed by atoms with E-state index in [1.54, 1.807) is 11.3 Å². The number of aromatic nitrogens is 2. The lowest BCUT2D eigenvalue weighted by Gasteiger charge is -2.14. The zero-order valence-electron chi connectivity index (χ0n) is 10.1. The molecule has 0 unspecified atom stereocenters. The van der Waals surface area contributed by atoms with Crippen molar-refractivity contribution in [1.82, 2.24) is 9.97 Å². The zero-order chi connectivity index (χ0) is 13.5. The molecule has 2 heterocycles. The van der Waals surface area contributed by atoms with E-state index in [1.807, 2.05) is 0 Å². The Balaban J connectivity index is 1.95. The van der Waals surface area contributed by atoms with Gasteiger partial charge in [0.05, 0.1) is 11.9 Å². The number of aryl methyl sites for hydroxylation is 2. The number of hydrogen-bond donors (Lipinski definition) is 2. The fourth-order valence-electron chi connectivity index (χ4n) is 2.33. The topological polar surface area (TPSA) is 58.0 Å². The molecule has 1 aliphatic carbocycles. The van der Waals surface area contributed by atoms with Gasteiger partial charge in [0.2, 0.25) is 0 Å². The summed E-state index contributed by atoms with van der Waals surface area (Å²) >= 11 is 1.61. The molecule has 19 heavy (non-hydrogen) atoms. The molecule has 0 bridgehead atoms. The van der Waals surface area contributed by atoms with E-state index in [0.717, 1.165) is 29.5 Å². The van der Waals surface area contributed by atoms with Crippen LogP contribution in [0.5, 0.6) is 0 Å². The molecule has 0 atom stereocenters. The van der Waals surface area contributed by atoms with E-state index in [-0.39, 0.29) is 0 Å². The first-order valence-electron chi connectivity index (χ1n) is 6.08. The summed E-state index contributed by atoms with van der Waals surface area (Å²) in [5, 5.41) is 12.1. The lowest BCUT2D eigenvalue weighted by molar-refractivity contribution is -0.0373. The molecule has 3 rings (SSSR count). The molecule has 2 aromatic heterocycles. The lowest BCUT2D eigenvalue weighted by Crippen LogP contribution is -2.31. The van der Waals surface area contributed by atoms with Crippen LogP contribution in [0.25, 0.3) is 10.2 Å². The Bertz CT molecular complexity index is 614. The van der Waals surface area contributed by atoms with Gasteiger partial charge in [-0.05, 0) is 24.8 Å². The lowest BCUT2D eigenvalue weighted by atomic mass is 10.2. The first-order chi connectivity index (χ1) is 9.11. The van der Waals surface area contributed by atoms with Crippen LogP contribution in [-0.2, 0) is 12.8 Å². The molecule has 0 aliphatic heterocycles. The third-order valence-electron chi connectivity index (χ3n) is 3.25. The molecule has 0 fully saturated rings. The van der Waals surface area contributed by atoms with Crippen molar-refractivity contribution >= 4 is 27.4 Å². The monoisotopic (exact) mass is 285 g/mol. The van der Waals surface area contributed by atoms with Crippen molar-refractivity contribution in [2.45, 2.75) is 25.2 Å². The van der Waals surface area contributed by atoms with Crippen LogP contribution in [0.4, 0.5) is 14.6 Å². The predicted molar refractivity (Wildman–Crippen MR) is 70.0 cm³/mol. The molecule has 0 saturated heterocycles. The summed E-state index contributed by atoms with van der Waals surface area (Å²) in [6, 6.07) is 0. The largest absolute Gasteiger partial charge is 0.390 e. The first-order valence-corrected chi connectivity index (χ1v) is 6.90. The molecule has 0 radical (unpaired) electrons. The smallest absolute Gasteiger partial charge is 0.287 e. The number of nitrogens with zero attached hydrogens (tertiary/aromatic N) is 2. The quantitative estimate of drug-likeness (QED) is 0.904. The van der Waals surface area contributed by atoms with Crippen molar-refractivity contribution in [2.24, 2.45) is 0 Å². The second kappa shape index (κ2) is 4.64. The van der Waals surface area contributed by atoms with Crippen molar-refractivity contribution in [1.29, 1.82) is 0 Å². The van der Waals surface area contributed by atoms with Crippen LogP contribution in [0.1, 0.15) is 16.9 Å². The van der Waals surface area contributed by atoms with E-state index in [9.17, 15) is 8.78 Å². The third kappa shape index (κ3) is 2.28. The maximum absolute atomic E-state index is 13.1. The van der Waals surface area contributed by atoms with Gasteiger partial charge >= 0.3 is 0 Å². The third-order valence-corrected chi connectivity index (χ3v) is 4.45. The molecule has 0 saturated carbocycles. The van der Waals surface area contributed by atoms with Crippen LogP contribution in [0, 0.1) is 0 Å². The van der Waals surface area contributed by atoms with Gasteiger partial charge in [0.15, 0.2) is 0 Å². The number of alkyl halides is 2. The van der Waals surface area contributed by atoms with Crippen molar-refractivity contribution in [3.05, 3.63) is 16.8 Å². The normalized spacial score (nSPS) is 14.9. The Hall–Kier alpha value is -1.34. The second-order valence-electron chi connectivity index (χ2n) is 4.63. The summed E-state index contributed by atoms with van der Waals surface area (Å²) in [5.41, 5.74) is 1.19. The van der Waals surface area contributed by atoms with E-state index in [2.05, 4.69) is 15.3 Å². The predicted octanol–water partition coefficient (Wildman–Crippen LogP) is 2.22. The number of aliphatic hydroxyl groups is 1. The highest BCUT2D eigenvalue weighted by molar-refractivity contribution is 7.19. The Kier molecular flexibility index (Phi) is 3.10. The minimum atomic E-state index is -3.14. The van der Waals surface area contributed by atoms with E-state index in [4.69, 9.17) is 5.11 Å². The van der Waals surface area contributed by atoms with Crippen LogP contribution in [0.2, 0.25) is 0 Å². The first kappa shape index (κ1) is 12.7. The average molecular weight is 285 g/mol. The summed E-state index contributed by atoms with van der Waals surface area (Å²) < 4.78 is 26.2. The summed E-state index contributed by atoms with van der Waals surface area (Å²) in [4.78, 5) is 10.4. The van der Waals surface area contributed by atoms with Crippen LogP contribution in [0.3, 0.4) is 0 Å². The van der Waals surface area contributed by atoms with Gasteiger partial charge in [-0.1, -0.05) is 0 Å². The maximum Gasteiger partial charge on any atom is 0.287 e. The minimum Gasteiger partial charge on any atom is -0.390 e. The number of rotatable bonds is 4. The van der Waals surface area contributed by atoms with Gasteiger partial charge in [-0.2, -0.15) is 0 Å². The summed E-state index contributed by atoms with van der Waals surface area (Å²) in [5.74, 6) is -2.70. The van der Waals surface area contributed by atoms with E-state index < -0.39 is 19.1 Å². The minimum absolute atomic E-state index is 0.442. The van der Waals surface area contributed by atoms with E-state index >= 15 is 0 Å². The summed E-state index contributed by atoms with van der Waals surface area (Å²) in [6.45, 7) is -1.80. The molecule has 7 heteroatoms. The molecule has 1 aliphatic rings. The van der Waals surface area contributed by atoms with Crippen LogP contribution < -0.4 is 5.32 Å². The molecule has 0 aromatic carbocycles. The second-order valence-corrected chi connectivity index (χ2v) is 5.71. The van der Waals surface area contributed by atoms with Gasteiger partial charge in [-0.15, -0.1) is 11.3 Å². The van der Waals surface area contributed by atoms with Gasteiger partial charge in [0, 0.05) is 4.88 Å². The summed E-state index contributed by atoms with van der Waals surface area (Å²) in [6.07, 6.45) is 4.46. The van der Waals surface area contributed by atoms with Crippen molar-refractivity contribution in [2.75, 3.05) is 18.5 Å². The fraction of sp³-hybridized carbons (Fsp3) is 0.500. The van der Waals surface area contributed by atoms with Crippen molar-refractivity contribution < 1.29 is 13.9 Å². The fourth-order valence-corrected chi connectivity index (χ4v) is 3.56. The Labute approximate surface area is 112 Å². The van der Waals surface area contributed by atoms with Crippen LogP contribution in [0.15, 0.2) is 6.33 Å². The molecule has 2 N–H and O–H groups in total. The highest BCUT2D eigenvalue weighted by Gasteiger charge is 2.28. The zero-order valence-corrected chi connectivity index (χ0v) is 10.9. The van der Waals surface area contributed by atoms with Crippen molar-refractivity contribution in [3.8, 4) is 0 Å². The SMILES string of the molecule is OCC(F)(F)CNc1ncnc2sc3c(c12)CCC3. The Morgan fingerprint density at radius 3 is 3.00 bits per heavy atom. The van der Waals surface area contributed by atoms with Gasteiger partial charge in [0.1, 0.15) is 23.6 Å². The highest BCUT2D eigenvalue weighted by Crippen LogP contribution is 2.39. The standard InChI is InChI=1S/C12H13F2N3OS/c13-12(14,5-18)4-15-10-9-7-2-1-3-8(7)19-11(9)17-6-16-10/h6,18H,1-5H2,(H,15,16,17). The van der Waals surface area contributed by atoms with E-state index in [0.29, 0.717) is 5.82 Å². The van der Waals surface area contributed by atoms with Gasteiger partial charge in [-0.3, -0.25) is 0 Å². The number of hydrogen-bond acceptors (Lipinski definition) is 5. The van der Waals surface area contributed by atoms with E-state index in [1.165, 1.54) is 16.8 Å². The Morgan fingerprint density at radius 2 is 2.21 bits per heavy atom. The molecule has 2 aromatic rings. The molecule has 0 amide bonds. The molecule has 0 spiro atoms. The number of thiophene rings is 1. The summed E-state index contributed by atoms with van der Waals surface area (Å²) in [7, 11) is 0. The van der Waals surface area contributed by atoms with Crippen LogP contribution >= 0.6 is 11.3 Å². The average Bonchev–Trinajstić information content (AvgIpc) is 2.96. The molecule has 4 nitrogen and oxygen atoms in total. The van der Waals surface area contributed by atoms with Crippen LogP contribution in [-0.4, -0.2) is 34.1 Å². The maximum atomic E-state index is 13.1. The highest BCUT2D eigenvalue weighted by atomic mass is 32.1. The van der Waals surface area contributed by atoms with Gasteiger partial charge in [0.25, 0.3) is 5.92 Å². The molecular weight excluding hydrogens is 272 g/mol. The number of halogens is 2. The number of fused-ring (bicyclic) bond motifs is 3. The Morgan fingerprint density at radius 1 is 1.37 bits per heavy atom. The van der Waals surface area contributed by atoms with Crippen molar-refractivity contribution in [3.63, 3.8) is 0 Å². The molecular formula is C12H13F2N3OS. The number of nitrogens with one attached hydrogen (secondary N) is 1. The van der Waals surface area contributed by atoms with Gasteiger partial charge in [-0.25, -0.2) is 18.7 Å². The van der Waals surface area contributed by atoms with Gasteiger partial charge < -0.3 is 10.4 Å². The number of anilines is 1.